The van der Waals surface area contributed by atoms with E-state index in [0.717, 1.165) is 0 Å². The monoisotopic (exact) mass is 239 g/mol. The van der Waals surface area contributed by atoms with Gasteiger partial charge in [0.1, 0.15) is 0 Å². The Hall–Kier alpha value is -1.17. The van der Waals surface area contributed by atoms with Gasteiger partial charge in [-0.3, -0.25) is 0 Å². The maximum absolute atomic E-state index is 13.1. The van der Waals surface area contributed by atoms with Crippen molar-refractivity contribution in [2.75, 3.05) is 0 Å². The molecule has 0 aliphatic heterocycles. The van der Waals surface area contributed by atoms with Crippen LogP contribution in [0, 0.1) is 29.1 Å². The van der Waals surface area contributed by atoms with Crippen LogP contribution in [0.15, 0.2) is 0 Å². The number of rotatable bonds is 3. The van der Waals surface area contributed by atoms with Crippen molar-refractivity contribution in [2.24, 2.45) is 5.73 Å². The van der Waals surface area contributed by atoms with Crippen LogP contribution in [0.3, 0.4) is 0 Å². The zero-order valence-electron chi connectivity index (χ0n) is 8.46. The zero-order valence-corrected chi connectivity index (χ0v) is 8.46. The van der Waals surface area contributed by atoms with Gasteiger partial charge < -0.3 is 5.73 Å². The molecular formula is C10H10F5N. The average molecular weight is 239 g/mol. The highest BCUT2D eigenvalue weighted by molar-refractivity contribution is 5.24. The van der Waals surface area contributed by atoms with Gasteiger partial charge in [0.15, 0.2) is 23.3 Å². The molecule has 1 nitrogen and oxygen atoms in total. The second-order valence-electron chi connectivity index (χ2n) is 3.56. The van der Waals surface area contributed by atoms with E-state index in [2.05, 4.69) is 0 Å². The van der Waals surface area contributed by atoms with Gasteiger partial charge in [-0.1, -0.05) is 0 Å². The van der Waals surface area contributed by atoms with Crippen LogP contribution in [0.5, 0.6) is 0 Å². The van der Waals surface area contributed by atoms with E-state index in [9.17, 15) is 22.0 Å². The predicted molar refractivity (Wildman–Crippen MR) is 48.2 cm³/mol. The van der Waals surface area contributed by atoms with E-state index >= 15 is 0 Å². The molecule has 0 radical (unpaired) electrons. The first-order valence-electron chi connectivity index (χ1n) is 4.62. The van der Waals surface area contributed by atoms with E-state index in [-0.39, 0.29) is 18.9 Å². The second-order valence-corrected chi connectivity index (χ2v) is 3.56. The van der Waals surface area contributed by atoms with Crippen molar-refractivity contribution in [3.8, 4) is 0 Å². The molecule has 2 N–H and O–H groups in total. The molecule has 0 aliphatic carbocycles. The first-order chi connectivity index (χ1) is 7.36. The lowest BCUT2D eigenvalue weighted by Gasteiger charge is -2.09. The van der Waals surface area contributed by atoms with Crippen LogP contribution in [-0.2, 0) is 6.42 Å². The Morgan fingerprint density at radius 3 is 1.62 bits per heavy atom. The summed E-state index contributed by atoms with van der Waals surface area (Å²) in [4.78, 5) is 0. The van der Waals surface area contributed by atoms with Crippen LogP contribution in [0.4, 0.5) is 22.0 Å². The molecule has 1 rings (SSSR count). The fourth-order valence-corrected chi connectivity index (χ4v) is 1.24. The first-order valence-corrected chi connectivity index (χ1v) is 4.62. The Morgan fingerprint density at radius 2 is 1.25 bits per heavy atom. The lowest BCUT2D eigenvalue weighted by Crippen LogP contribution is -2.17. The van der Waals surface area contributed by atoms with Crippen molar-refractivity contribution in [1.82, 2.24) is 0 Å². The zero-order chi connectivity index (χ0) is 12.5. The summed E-state index contributed by atoms with van der Waals surface area (Å²) in [6, 6.07) is -0.380. The third-order valence-electron chi connectivity index (χ3n) is 2.15. The van der Waals surface area contributed by atoms with E-state index in [1.807, 2.05) is 0 Å². The molecule has 90 valence electrons. The summed E-state index contributed by atoms with van der Waals surface area (Å²) in [7, 11) is 0. The largest absolute Gasteiger partial charge is 0.328 e. The molecule has 0 heterocycles. The van der Waals surface area contributed by atoms with Crippen molar-refractivity contribution in [2.45, 2.75) is 25.8 Å². The molecule has 0 saturated carbocycles. The minimum atomic E-state index is -2.14. The van der Waals surface area contributed by atoms with Crippen molar-refractivity contribution >= 4 is 0 Å². The number of hydrogen-bond donors (Lipinski definition) is 1. The molecule has 0 unspecified atom stereocenters. The molecule has 1 aromatic rings. The minimum Gasteiger partial charge on any atom is -0.328 e. The van der Waals surface area contributed by atoms with Crippen molar-refractivity contribution < 1.29 is 22.0 Å². The lowest BCUT2D eigenvalue weighted by molar-refractivity contribution is 0.368. The quantitative estimate of drug-likeness (QED) is 0.490. The average Bonchev–Trinajstić information content (AvgIpc) is 2.23. The van der Waals surface area contributed by atoms with Crippen molar-refractivity contribution in [3.05, 3.63) is 34.6 Å². The summed E-state index contributed by atoms with van der Waals surface area (Å²) in [5, 5.41) is 0. The predicted octanol–water partition coefficient (Wildman–Crippen LogP) is 2.66. The lowest BCUT2D eigenvalue weighted by atomic mass is 10.0. The summed E-state index contributed by atoms with van der Waals surface area (Å²) in [5.41, 5.74) is 4.53. The van der Waals surface area contributed by atoms with Crippen LogP contribution >= 0.6 is 0 Å². The highest BCUT2D eigenvalue weighted by Gasteiger charge is 2.25. The third kappa shape index (κ3) is 2.32. The molecule has 0 fully saturated rings. The van der Waals surface area contributed by atoms with Crippen LogP contribution < -0.4 is 5.73 Å². The molecule has 1 aromatic carbocycles. The number of halogens is 5. The summed E-state index contributed by atoms with van der Waals surface area (Å²) >= 11 is 0. The molecule has 16 heavy (non-hydrogen) atoms. The van der Waals surface area contributed by atoms with Gasteiger partial charge in [-0.2, -0.15) is 0 Å². The van der Waals surface area contributed by atoms with Gasteiger partial charge in [0, 0.05) is 11.6 Å². The van der Waals surface area contributed by atoms with Gasteiger partial charge in [0.25, 0.3) is 0 Å². The number of nitrogens with two attached hydrogens (primary N) is 1. The second kappa shape index (κ2) is 4.78. The van der Waals surface area contributed by atoms with Crippen molar-refractivity contribution in [3.63, 3.8) is 0 Å². The van der Waals surface area contributed by atoms with Crippen LogP contribution in [0.2, 0.25) is 0 Å². The first kappa shape index (κ1) is 12.9. The Morgan fingerprint density at radius 1 is 0.875 bits per heavy atom. The van der Waals surface area contributed by atoms with E-state index in [1.54, 1.807) is 6.92 Å². The highest BCUT2D eigenvalue weighted by Crippen LogP contribution is 2.24. The van der Waals surface area contributed by atoms with Crippen LogP contribution in [0.1, 0.15) is 18.9 Å². The standard InChI is InChI=1S/C10H10F5N/c1-4(16)2-3-5-6(11)8(13)10(15)9(14)7(5)12/h4H,2-3,16H2,1H3/t4-/m0/s1. The van der Waals surface area contributed by atoms with Gasteiger partial charge in [-0.25, -0.2) is 22.0 Å². The fourth-order valence-electron chi connectivity index (χ4n) is 1.24. The van der Waals surface area contributed by atoms with Gasteiger partial charge >= 0.3 is 0 Å². The highest BCUT2D eigenvalue weighted by atomic mass is 19.2. The summed E-state index contributed by atoms with van der Waals surface area (Å²) < 4.78 is 64.3. The van der Waals surface area contributed by atoms with Gasteiger partial charge in [0.05, 0.1) is 0 Å². The summed E-state index contributed by atoms with van der Waals surface area (Å²) in [6.45, 7) is 1.58. The normalized spacial score (nSPS) is 12.9. The van der Waals surface area contributed by atoms with E-state index in [4.69, 9.17) is 5.73 Å². The third-order valence-corrected chi connectivity index (χ3v) is 2.15. The maximum atomic E-state index is 13.1. The molecule has 0 amide bonds. The Labute approximate surface area is 89.1 Å². The molecule has 6 heteroatoms. The Bertz CT molecular complexity index is 374. The maximum Gasteiger partial charge on any atom is 0.200 e. The van der Waals surface area contributed by atoms with E-state index in [1.165, 1.54) is 0 Å². The topological polar surface area (TPSA) is 26.0 Å². The fraction of sp³-hybridized carbons (Fsp3) is 0.400. The Kier molecular flexibility index (Phi) is 3.85. The molecule has 0 spiro atoms. The smallest absolute Gasteiger partial charge is 0.200 e. The molecule has 0 bridgehead atoms. The van der Waals surface area contributed by atoms with Crippen molar-refractivity contribution in [1.29, 1.82) is 0 Å². The van der Waals surface area contributed by atoms with Gasteiger partial charge in [-0.15, -0.1) is 0 Å². The van der Waals surface area contributed by atoms with E-state index in [0.29, 0.717) is 0 Å². The molecular weight excluding hydrogens is 229 g/mol. The Balaban J connectivity index is 3.18. The van der Waals surface area contributed by atoms with Crippen LogP contribution in [-0.4, -0.2) is 6.04 Å². The van der Waals surface area contributed by atoms with Gasteiger partial charge in [0.2, 0.25) is 5.82 Å². The minimum absolute atomic E-state index is 0.137. The summed E-state index contributed by atoms with van der Waals surface area (Å²) in [6.07, 6.45) is -0.151. The molecule has 0 aromatic heterocycles. The molecule has 0 aliphatic rings. The van der Waals surface area contributed by atoms with Gasteiger partial charge in [-0.05, 0) is 19.8 Å². The molecule has 0 saturated heterocycles. The van der Waals surface area contributed by atoms with E-state index < -0.39 is 34.6 Å². The summed E-state index contributed by atoms with van der Waals surface area (Å²) in [5.74, 6) is -9.54. The number of benzene rings is 1. The number of hydrogen-bond acceptors (Lipinski definition) is 1. The molecule has 1 atom stereocenters. The SMILES string of the molecule is C[C@H](N)CCc1c(F)c(F)c(F)c(F)c1F. The van der Waals surface area contributed by atoms with Crippen LogP contribution in [0.25, 0.3) is 0 Å².